The third kappa shape index (κ3) is 2.15. The number of anilines is 1. The van der Waals surface area contributed by atoms with Gasteiger partial charge in [0.2, 0.25) is 0 Å². The molecular weight excluding hydrogens is 226 g/mol. The summed E-state index contributed by atoms with van der Waals surface area (Å²) in [5, 5.41) is 12.7. The molecular formula is C12H14ClNO2. The van der Waals surface area contributed by atoms with Crippen LogP contribution in [0.5, 0.6) is 0 Å². The van der Waals surface area contributed by atoms with Gasteiger partial charge in [0.1, 0.15) is 18.5 Å². The molecule has 1 aliphatic heterocycles. The molecule has 0 amide bonds. The van der Waals surface area contributed by atoms with Gasteiger partial charge in [0.05, 0.1) is 0 Å². The molecule has 1 aromatic carbocycles. The predicted octanol–water partition coefficient (Wildman–Crippen LogP) is 2.72. The molecule has 4 heteroatoms. The van der Waals surface area contributed by atoms with Crippen LogP contribution in [-0.4, -0.2) is 18.8 Å². The summed E-state index contributed by atoms with van der Waals surface area (Å²) in [5.41, 5.74) is 1.95. The van der Waals surface area contributed by atoms with Crippen molar-refractivity contribution in [1.82, 2.24) is 0 Å². The highest BCUT2D eigenvalue weighted by Gasteiger charge is 2.21. The van der Waals surface area contributed by atoms with E-state index >= 15 is 0 Å². The van der Waals surface area contributed by atoms with E-state index in [4.69, 9.17) is 21.4 Å². The monoisotopic (exact) mass is 239 g/mol. The van der Waals surface area contributed by atoms with Gasteiger partial charge in [0.15, 0.2) is 0 Å². The highest BCUT2D eigenvalue weighted by molar-refractivity contribution is 6.31. The molecule has 0 fully saturated rings. The van der Waals surface area contributed by atoms with Crippen molar-refractivity contribution in [1.29, 1.82) is 0 Å². The molecule has 0 radical (unpaired) electrons. The zero-order chi connectivity index (χ0) is 11.5. The summed E-state index contributed by atoms with van der Waals surface area (Å²) in [6.45, 7) is -0.0557. The topological polar surface area (TPSA) is 41.5 Å². The molecule has 0 aliphatic carbocycles. The number of nitrogens with one attached hydrogen (secondary N) is 1. The van der Waals surface area contributed by atoms with Crippen molar-refractivity contribution in [3.05, 3.63) is 40.6 Å². The molecule has 0 aromatic heterocycles. The average molecular weight is 240 g/mol. The molecule has 0 spiro atoms. The first-order chi connectivity index (χ1) is 7.74. The lowest BCUT2D eigenvalue weighted by Crippen LogP contribution is -2.01. The number of hydrogen-bond acceptors (Lipinski definition) is 3. The van der Waals surface area contributed by atoms with Crippen molar-refractivity contribution in [2.75, 3.05) is 19.0 Å². The quantitative estimate of drug-likeness (QED) is 0.852. The van der Waals surface area contributed by atoms with Crippen LogP contribution < -0.4 is 5.32 Å². The summed E-state index contributed by atoms with van der Waals surface area (Å²) in [6.07, 6.45) is 2.57. The first-order valence-corrected chi connectivity index (χ1v) is 5.56. The maximum atomic E-state index is 8.96. The smallest absolute Gasteiger partial charge is 0.128 e. The van der Waals surface area contributed by atoms with Crippen molar-refractivity contribution in [3.63, 3.8) is 0 Å². The molecule has 3 nitrogen and oxygen atoms in total. The van der Waals surface area contributed by atoms with Gasteiger partial charge in [-0.25, -0.2) is 0 Å². The first kappa shape index (κ1) is 11.3. The van der Waals surface area contributed by atoms with Crippen LogP contribution in [0.4, 0.5) is 5.69 Å². The first-order valence-electron chi connectivity index (χ1n) is 5.18. The Hall–Kier alpha value is -1.19. The van der Waals surface area contributed by atoms with Gasteiger partial charge >= 0.3 is 0 Å². The molecule has 1 atom stereocenters. The van der Waals surface area contributed by atoms with E-state index < -0.39 is 0 Å². The number of aliphatic hydroxyl groups is 1. The number of ether oxygens (including phenoxy) is 1. The van der Waals surface area contributed by atoms with E-state index in [0.29, 0.717) is 10.8 Å². The van der Waals surface area contributed by atoms with Gasteiger partial charge in [-0.05, 0) is 24.3 Å². The highest BCUT2D eigenvalue weighted by atomic mass is 35.5. The van der Waals surface area contributed by atoms with Crippen LogP contribution in [0.15, 0.2) is 30.0 Å². The molecule has 86 valence electrons. The summed E-state index contributed by atoms with van der Waals surface area (Å²) < 4.78 is 5.58. The maximum Gasteiger partial charge on any atom is 0.128 e. The average Bonchev–Trinajstić information content (AvgIpc) is 2.78. The van der Waals surface area contributed by atoms with Gasteiger partial charge < -0.3 is 15.2 Å². The lowest BCUT2D eigenvalue weighted by molar-refractivity contribution is 0.114. The molecule has 2 rings (SSSR count). The summed E-state index contributed by atoms with van der Waals surface area (Å²) >= 11 is 6.13. The molecule has 16 heavy (non-hydrogen) atoms. The summed E-state index contributed by atoms with van der Waals surface area (Å²) in [4.78, 5) is 0. The van der Waals surface area contributed by atoms with Crippen LogP contribution in [0.1, 0.15) is 18.1 Å². The summed E-state index contributed by atoms with van der Waals surface area (Å²) in [7, 11) is 1.86. The Morgan fingerprint density at radius 1 is 1.56 bits per heavy atom. The number of halogens is 1. The second-order valence-electron chi connectivity index (χ2n) is 3.66. The van der Waals surface area contributed by atoms with Crippen LogP contribution in [0.3, 0.4) is 0 Å². The third-order valence-corrected chi connectivity index (χ3v) is 2.98. The molecule has 0 saturated carbocycles. The number of hydrogen-bond donors (Lipinski definition) is 2. The zero-order valence-corrected chi connectivity index (χ0v) is 9.79. The van der Waals surface area contributed by atoms with E-state index in [1.54, 1.807) is 0 Å². The second kappa shape index (κ2) is 4.76. The number of rotatable bonds is 3. The SMILES string of the molecule is CNc1ccc(Cl)c(C2CC=C(CO)O2)c1. The van der Waals surface area contributed by atoms with Crippen LogP contribution in [-0.2, 0) is 4.74 Å². The lowest BCUT2D eigenvalue weighted by Gasteiger charge is -2.15. The fourth-order valence-corrected chi connectivity index (χ4v) is 1.99. The fraction of sp³-hybridized carbons (Fsp3) is 0.333. The van der Waals surface area contributed by atoms with Crippen molar-refractivity contribution in [3.8, 4) is 0 Å². The molecule has 1 unspecified atom stereocenters. The van der Waals surface area contributed by atoms with E-state index in [1.807, 2.05) is 31.3 Å². The van der Waals surface area contributed by atoms with Crippen LogP contribution in [0.25, 0.3) is 0 Å². The highest BCUT2D eigenvalue weighted by Crippen LogP contribution is 2.35. The minimum absolute atomic E-state index is 0.0557. The van der Waals surface area contributed by atoms with Crippen LogP contribution in [0, 0.1) is 0 Å². The van der Waals surface area contributed by atoms with Gasteiger partial charge in [-0.15, -0.1) is 0 Å². The van der Waals surface area contributed by atoms with E-state index in [0.717, 1.165) is 17.7 Å². The van der Waals surface area contributed by atoms with Gasteiger partial charge in [-0.2, -0.15) is 0 Å². The normalized spacial score (nSPS) is 19.2. The minimum Gasteiger partial charge on any atom is -0.488 e. The molecule has 2 N–H and O–H groups in total. The minimum atomic E-state index is -0.0806. The Balaban J connectivity index is 2.21. The molecule has 0 saturated heterocycles. The van der Waals surface area contributed by atoms with E-state index in [1.165, 1.54) is 0 Å². The van der Waals surface area contributed by atoms with E-state index in [2.05, 4.69) is 5.32 Å². The largest absolute Gasteiger partial charge is 0.488 e. The van der Waals surface area contributed by atoms with Gasteiger partial charge in [-0.3, -0.25) is 0 Å². The van der Waals surface area contributed by atoms with Crippen LogP contribution >= 0.6 is 11.6 Å². The van der Waals surface area contributed by atoms with Crippen molar-refractivity contribution >= 4 is 17.3 Å². The second-order valence-corrected chi connectivity index (χ2v) is 4.06. The third-order valence-electron chi connectivity index (χ3n) is 2.64. The maximum absolute atomic E-state index is 8.96. The molecule has 1 aliphatic rings. The Labute approximate surface area is 99.7 Å². The van der Waals surface area contributed by atoms with Crippen molar-refractivity contribution in [2.45, 2.75) is 12.5 Å². The van der Waals surface area contributed by atoms with E-state index in [-0.39, 0.29) is 12.7 Å². The summed E-state index contributed by atoms with van der Waals surface area (Å²) in [6, 6.07) is 5.74. The fourth-order valence-electron chi connectivity index (χ4n) is 1.76. The van der Waals surface area contributed by atoms with Crippen molar-refractivity contribution < 1.29 is 9.84 Å². The van der Waals surface area contributed by atoms with E-state index in [9.17, 15) is 0 Å². The zero-order valence-electron chi connectivity index (χ0n) is 9.03. The standard InChI is InChI=1S/C12H14ClNO2/c1-14-8-2-4-11(13)10(6-8)12-5-3-9(7-15)16-12/h2-4,6,12,14-15H,5,7H2,1H3. The van der Waals surface area contributed by atoms with Gasteiger partial charge in [0.25, 0.3) is 0 Å². The summed E-state index contributed by atoms with van der Waals surface area (Å²) in [5.74, 6) is 0.621. The van der Waals surface area contributed by atoms with Crippen LogP contribution in [0.2, 0.25) is 5.02 Å². The Kier molecular flexibility index (Phi) is 3.36. The number of benzene rings is 1. The predicted molar refractivity (Wildman–Crippen MR) is 64.6 cm³/mol. The Morgan fingerprint density at radius 3 is 3.00 bits per heavy atom. The molecule has 1 heterocycles. The van der Waals surface area contributed by atoms with Crippen molar-refractivity contribution in [2.24, 2.45) is 0 Å². The number of aliphatic hydroxyl groups excluding tert-OH is 1. The molecule has 0 bridgehead atoms. The van der Waals surface area contributed by atoms with Gasteiger partial charge in [-0.1, -0.05) is 11.6 Å². The molecule has 1 aromatic rings. The Morgan fingerprint density at radius 2 is 2.38 bits per heavy atom. The lowest BCUT2D eigenvalue weighted by atomic mass is 10.1. The Bertz CT molecular complexity index is 417. The van der Waals surface area contributed by atoms with Gasteiger partial charge in [0, 0.05) is 29.7 Å².